The van der Waals surface area contributed by atoms with Crippen molar-refractivity contribution in [2.75, 3.05) is 0 Å². The summed E-state index contributed by atoms with van der Waals surface area (Å²) >= 11 is 0. The molecule has 30 heavy (non-hydrogen) atoms. The van der Waals surface area contributed by atoms with Crippen LogP contribution in [-0.2, 0) is 23.8 Å². The third-order valence-corrected chi connectivity index (χ3v) is 9.38. The molecule has 4 fully saturated rings. The van der Waals surface area contributed by atoms with Crippen LogP contribution in [0.4, 0.5) is 0 Å². The number of hydrogen-bond acceptors (Lipinski definition) is 6. The molecule has 6 nitrogen and oxygen atoms in total. The van der Waals surface area contributed by atoms with Crippen molar-refractivity contribution >= 4 is 11.9 Å². The first-order valence-electron chi connectivity index (χ1n) is 11.6. The average molecular weight is 423 g/mol. The lowest BCUT2D eigenvalue weighted by molar-refractivity contribution is -0.226. The Morgan fingerprint density at radius 2 is 1.53 bits per heavy atom. The normalized spacial score (nSPS) is 49.4. The van der Waals surface area contributed by atoms with Crippen molar-refractivity contribution in [2.24, 2.45) is 39.9 Å². The van der Waals surface area contributed by atoms with Crippen molar-refractivity contribution in [3.63, 3.8) is 0 Å². The van der Waals surface area contributed by atoms with E-state index in [1.54, 1.807) is 0 Å². The Bertz CT molecular complexity index is 718. The van der Waals surface area contributed by atoms with Crippen molar-refractivity contribution in [1.82, 2.24) is 0 Å². The largest absolute Gasteiger partial charge is 0.435 e. The van der Waals surface area contributed by atoms with Crippen LogP contribution in [0.3, 0.4) is 0 Å². The molecule has 3 saturated carbocycles. The Hall–Kier alpha value is -1.14. The van der Waals surface area contributed by atoms with E-state index < -0.39 is 30.6 Å². The summed E-state index contributed by atoms with van der Waals surface area (Å²) < 4.78 is 17.0. The van der Waals surface area contributed by atoms with Crippen LogP contribution in [0, 0.1) is 39.9 Å². The second-order valence-electron chi connectivity index (χ2n) is 11.5. The molecule has 0 bridgehead atoms. The van der Waals surface area contributed by atoms with Crippen LogP contribution >= 0.6 is 0 Å². The monoisotopic (exact) mass is 422 g/mol. The number of carbonyl (C=O) groups excluding carboxylic acids is 2. The number of aliphatic hydroxyl groups is 1. The van der Waals surface area contributed by atoms with Crippen LogP contribution < -0.4 is 0 Å². The molecule has 0 aromatic rings. The zero-order valence-electron chi connectivity index (χ0n) is 19.3. The fraction of sp³-hybridized carbons (Fsp3) is 0.917. The lowest BCUT2D eigenvalue weighted by Gasteiger charge is -2.66. The molecule has 1 heterocycles. The third-order valence-electron chi connectivity index (χ3n) is 9.38. The van der Waals surface area contributed by atoms with Crippen LogP contribution in [0.1, 0.15) is 80.1 Å². The van der Waals surface area contributed by atoms with Gasteiger partial charge in [-0.15, -0.1) is 0 Å². The number of hydrogen-bond donors (Lipinski definition) is 1. The molecule has 6 heteroatoms. The Kier molecular flexibility index (Phi) is 5.29. The van der Waals surface area contributed by atoms with Crippen molar-refractivity contribution in [1.29, 1.82) is 0 Å². The number of fused-ring (bicyclic) bond motifs is 5. The third kappa shape index (κ3) is 3.21. The fourth-order valence-corrected chi connectivity index (χ4v) is 8.39. The zero-order chi connectivity index (χ0) is 22.1. The molecule has 4 rings (SSSR count). The van der Waals surface area contributed by atoms with Gasteiger partial charge in [-0.1, -0.05) is 34.1 Å². The van der Waals surface area contributed by atoms with E-state index in [-0.39, 0.29) is 28.1 Å². The Labute approximate surface area is 180 Å². The standard InChI is InChI=1S/C24H38O6/c1-13(25)28-20-18-15(27)12-17-23(5)10-7-9-22(3,4)16(23)8-11-24(17,6)19(18)21(30-20)29-14(2)26/h15-21,27H,7-12H2,1-6H3. The molecule has 0 spiro atoms. The summed E-state index contributed by atoms with van der Waals surface area (Å²) in [4.78, 5) is 23.5. The van der Waals surface area contributed by atoms with E-state index in [2.05, 4.69) is 27.7 Å². The van der Waals surface area contributed by atoms with Crippen molar-refractivity contribution < 1.29 is 28.9 Å². The van der Waals surface area contributed by atoms with Crippen molar-refractivity contribution in [2.45, 2.75) is 98.8 Å². The molecule has 170 valence electrons. The first kappa shape index (κ1) is 22.1. The summed E-state index contributed by atoms with van der Waals surface area (Å²) in [6.07, 6.45) is 4.10. The first-order valence-corrected chi connectivity index (χ1v) is 11.6. The van der Waals surface area contributed by atoms with E-state index in [1.165, 1.54) is 26.7 Å². The smallest absolute Gasteiger partial charge is 0.304 e. The van der Waals surface area contributed by atoms with E-state index in [9.17, 15) is 14.7 Å². The van der Waals surface area contributed by atoms with Gasteiger partial charge in [0.05, 0.1) is 12.0 Å². The number of esters is 2. The molecular formula is C24H38O6. The summed E-state index contributed by atoms with van der Waals surface area (Å²) in [6, 6.07) is 0. The van der Waals surface area contributed by atoms with E-state index in [1.807, 2.05) is 0 Å². The molecule has 1 N–H and O–H groups in total. The van der Waals surface area contributed by atoms with Gasteiger partial charge in [-0.2, -0.15) is 0 Å². The summed E-state index contributed by atoms with van der Waals surface area (Å²) in [5, 5.41) is 11.3. The van der Waals surface area contributed by atoms with Crippen LogP contribution in [0.5, 0.6) is 0 Å². The van der Waals surface area contributed by atoms with E-state index in [0.29, 0.717) is 18.3 Å². The zero-order valence-corrected chi connectivity index (χ0v) is 19.3. The molecule has 0 aromatic heterocycles. The highest BCUT2D eigenvalue weighted by molar-refractivity contribution is 5.66. The molecule has 3 aliphatic carbocycles. The topological polar surface area (TPSA) is 82.1 Å². The average Bonchev–Trinajstić information content (AvgIpc) is 2.94. The second kappa shape index (κ2) is 7.19. The number of ether oxygens (including phenoxy) is 3. The van der Waals surface area contributed by atoms with Crippen molar-refractivity contribution in [3.8, 4) is 0 Å². The van der Waals surface area contributed by atoms with Gasteiger partial charge in [0, 0.05) is 19.8 Å². The van der Waals surface area contributed by atoms with Crippen LogP contribution in [0.2, 0.25) is 0 Å². The molecule has 1 aliphatic heterocycles. The van der Waals surface area contributed by atoms with Gasteiger partial charge in [0.15, 0.2) is 0 Å². The van der Waals surface area contributed by atoms with Gasteiger partial charge in [-0.05, 0) is 60.2 Å². The minimum Gasteiger partial charge on any atom is -0.435 e. The SMILES string of the molecule is CC(=O)OC1OC(OC(C)=O)C2C1C(O)CC1C2(C)CCC2C(C)(C)CCCC21C. The predicted octanol–water partition coefficient (Wildman–Crippen LogP) is 4.04. The maximum Gasteiger partial charge on any atom is 0.304 e. The number of rotatable bonds is 2. The molecule has 0 aromatic carbocycles. The molecule has 4 aliphatic rings. The van der Waals surface area contributed by atoms with Gasteiger partial charge < -0.3 is 19.3 Å². The maximum absolute atomic E-state index is 11.9. The highest BCUT2D eigenvalue weighted by atomic mass is 16.8. The quantitative estimate of drug-likeness (QED) is 0.677. The van der Waals surface area contributed by atoms with Gasteiger partial charge in [0.1, 0.15) is 0 Å². The Morgan fingerprint density at radius 3 is 2.17 bits per heavy atom. The second-order valence-corrected chi connectivity index (χ2v) is 11.5. The highest BCUT2D eigenvalue weighted by Gasteiger charge is 2.69. The van der Waals surface area contributed by atoms with Gasteiger partial charge >= 0.3 is 11.9 Å². The molecule has 9 atom stereocenters. The molecule has 0 amide bonds. The molecule has 9 unspecified atom stereocenters. The van der Waals surface area contributed by atoms with Crippen LogP contribution in [0.15, 0.2) is 0 Å². The van der Waals surface area contributed by atoms with E-state index >= 15 is 0 Å². The Balaban J connectivity index is 1.74. The summed E-state index contributed by atoms with van der Waals surface area (Å²) in [5.41, 5.74) is 0.260. The van der Waals surface area contributed by atoms with Gasteiger partial charge in [-0.25, -0.2) is 0 Å². The first-order chi connectivity index (χ1) is 13.9. The summed E-state index contributed by atoms with van der Waals surface area (Å²) in [5.74, 6) is -0.525. The molecule has 0 radical (unpaired) electrons. The van der Waals surface area contributed by atoms with Gasteiger partial charge in [0.2, 0.25) is 12.6 Å². The molecular weight excluding hydrogens is 384 g/mol. The van der Waals surface area contributed by atoms with Crippen LogP contribution in [-0.4, -0.2) is 35.7 Å². The van der Waals surface area contributed by atoms with E-state index in [4.69, 9.17) is 14.2 Å². The number of aliphatic hydroxyl groups excluding tert-OH is 1. The lowest BCUT2D eigenvalue weighted by Crippen LogP contribution is -2.63. The van der Waals surface area contributed by atoms with Crippen LogP contribution in [0.25, 0.3) is 0 Å². The summed E-state index contributed by atoms with van der Waals surface area (Å²) in [7, 11) is 0. The predicted molar refractivity (Wildman–Crippen MR) is 110 cm³/mol. The highest BCUT2D eigenvalue weighted by Crippen LogP contribution is 2.70. The Morgan fingerprint density at radius 1 is 0.900 bits per heavy atom. The summed E-state index contributed by atoms with van der Waals surface area (Å²) in [6.45, 7) is 12.2. The fourth-order valence-electron chi connectivity index (χ4n) is 8.39. The molecule has 1 saturated heterocycles. The number of carbonyl (C=O) groups is 2. The van der Waals surface area contributed by atoms with Gasteiger partial charge in [-0.3, -0.25) is 9.59 Å². The minimum absolute atomic E-state index is 0.126. The van der Waals surface area contributed by atoms with Crippen molar-refractivity contribution in [3.05, 3.63) is 0 Å². The van der Waals surface area contributed by atoms with Gasteiger partial charge in [0.25, 0.3) is 0 Å². The lowest BCUT2D eigenvalue weighted by atomic mass is 9.38. The van der Waals surface area contributed by atoms with E-state index in [0.717, 1.165) is 19.3 Å². The maximum atomic E-state index is 11.9. The minimum atomic E-state index is -0.877.